The van der Waals surface area contributed by atoms with Gasteiger partial charge in [-0.2, -0.15) is 0 Å². The summed E-state index contributed by atoms with van der Waals surface area (Å²) in [4.78, 5) is 8.36. The van der Waals surface area contributed by atoms with Crippen molar-refractivity contribution in [3.8, 4) is 0 Å². The number of aryl methyl sites for hydroxylation is 2. The Morgan fingerprint density at radius 2 is 1.64 bits per heavy atom. The van der Waals surface area contributed by atoms with E-state index in [-0.39, 0.29) is 12.8 Å². The van der Waals surface area contributed by atoms with Crippen LogP contribution >= 0.6 is 0 Å². The Hall–Kier alpha value is -1.43. The van der Waals surface area contributed by atoms with Gasteiger partial charge in [-0.25, -0.2) is 0 Å². The second-order valence-electron chi connectivity index (χ2n) is 4.75. The smallest absolute Gasteiger partial charge is 0.290 e. The molecule has 0 unspecified atom stereocenters. The largest absolute Gasteiger partial charge is 0.483 e. The minimum atomic E-state index is -0.250. The lowest BCUT2D eigenvalue weighted by atomic mass is 10.1. The van der Waals surface area contributed by atoms with Gasteiger partial charge in [0.05, 0.1) is 13.2 Å². The molecule has 1 aliphatic rings. The summed E-state index contributed by atoms with van der Waals surface area (Å²) in [5, 5.41) is 6.89. The highest BCUT2D eigenvalue weighted by atomic mass is 16.7. The van der Waals surface area contributed by atoms with Gasteiger partial charge < -0.3 is 20.3 Å². The highest BCUT2D eigenvalue weighted by Crippen LogP contribution is 2.13. The van der Waals surface area contributed by atoms with Crippen LogP contribution in [0.4, 0.5) is 0 Å². The van der Waals surface area contributed by atoms with Gasteiger partial charge in [0.1, 0.15) is 0 Å². The summed E-state index contributed by atoms with van der Waals surface area (Å²) in [6, 6.07) is 8.90. The molecule has 0 atom stereocenters. The Kier molecular flexibility index (Phi) is 13.6. The topological polar surface area (TPSA) is 81.8 Å². The second-order valence-corrected chi connectivity index (χ2v) is 4.75. The zero-order chi connectivity index (χ0) is 16.6. The van der Waals surface area contributed by atoms with Crippen LogP contribution in [0.1, 0.15) is 37.8 Å². The number of carboxylic acid groups (broad SMARTS) is 1. The van der Waals surface area contributed by atoms with Crippen LogP contribution in [0.3, 0.4) is 0 Å². The maximum Gasteiger partial charge on any atom is 0.290 e. The molecule has 1 aromatic rings. The van der Waals surface area contributed by atoms with Gasteiger partial charge >= 0.3 is 0 Å². The maximum atomic E-state index is 8.36. The number of carbonyl (C=O) groups is 1. The fourth-order valence-electron chi connectivity index (χ4n) is 1.99. The normalized spacial score (nSPS) is 13.6. The van der Waals surface area contributed by atoms with E-state index in [0.29, 0.717) is 0 Å². The molecule has 5 heteroatoms. The molecule has 1 saturated heterocycles. The number of hydrogen-bond acceptors (Lipinski definition) is 4. The number of hydrogen-bond donors (Lipinski definition) is 2. The van der Waals surface area contributed by atoms with E-state index in [1.165, 1.54) is 11.1 Å². The zero-order valence-electron chi connectivity index (χ0n) is 13.7. The molecular formula is C17H29NO4. The Balaban J connectivity index is 0.000000639. The minimum Gasteiger partial charge on any atom is -0.483 e. The van der Waals surface area contributed by atoms with Crippen molar-refractivity contribution in [1.82, 2.24) is 0 Å². The van der Waals surface area contributed by atoms with E-state index < -0.39 is 0 Å². The van der Waals surface area contributed by atoms with Crippen LogP contribution < -0.4 is 5.73 Å². The number of benzene rings is 1. The van der Waals surface area contributed by atoms with Gasteiger partial charge in [0.15, 0.2) is 6.29 Å². The highest BCUT2D eigenvalue weighted by Gasteiger charge is 2.14. The molecule has 22 heavy (non-hydrogen) atoms. The van der Waals surface area contributed by atoms with Crippen molar-refractivity contribution < 1.29 is 19.4 Å². The molecule has 1 fully saturated rings. The molecular weight excluding hydrogens is 282 g/mol. The molecule has 0 spiro atoms. The van der Waals surface area contributed by atoms with Gasteiger partial charge in [0.2, 0.25) is 0 Å². The zero-order valence-corrected chi connectivity index (χ0v) is 13.7. The van der Waals surface area contributed by atoms with Crippen molar-refractivity contribution in [2.75, 3.05) is 19.8 Å². The van der Waals surface area contributed by atoms with Crippen LogP contribution in [0.25, 0.3) is 0 Å². The Morgan fingerprint density at radius 1 is 1.18 bits per heavy atom. The predicted molar refractivity (Wildman–Crippen MR) is 87.9 cm³/mol. The first-order valence-corrected chi connectivity index (χ1v) is 7.80. The fraction of sp³-hybridized carbons (Fsp3) is 0.588. The van der Waals surface area contributed by atoms with E-state index in [1.54, 1.807) is 0 Å². The van der Waals surface area contributed by atoms with Crippen molar-refractivity contribution in [3.05, 3.63) is 35.4 Å². The van der Waals surface area contributed by atoms with Gasteiger partial charge in [0.25, 0.3) is 6.47 Å². The van der Waals surface area contributed by atoms with Crippen molar-refractivity contribution in [3.63, 3.8) is 0 Å². The number of rotatable bonds is 5. The molecule has 1 aliphatic heterocycles. The van der Waals surface area contributed by atoms with E-state index in [1.807, 2.05) is 6.92 Å². The highest BCUT2D eigenvalue weighted by molar-refractivity contribution is 5.32. The van der Waals surface area contributed by atoms with Crippen LogP contribution in [0.5, 0.6) is 0 Å². The third kappa shape index (κ3) is 10.3. The molecule has 0 bridgehead atoms. The van der Waals surface area contributed by atoms with E-state index in [9.17, 15) is 0 Å². The van der Waals surface area contributed by atoms with Gasteiger partial charge in [-0.05, 0) is 43.4 Å². The third-order valence-corrected chi connectivity index (χ3v) is 3.03. The lowest BCUT2D eigenvalue weighted by Gasteiger charge is -2.08. The van der Waals surface area contributed by atoms with Crippen molar-refractivity contribution in [2.24, 2.45) is 5.73 Å². The van der Waals surface area contributed by atoms with E-state index in [4.69, 9.17) is 25.1 Å². The lowest BCUT2D eigenvalue weighted by molar-refractivity contribution is -0.122. The summed E-state index contributed by atoms with van der Waals surface area (Å²) in [7, 11) is 0. The Morgan fingerprint density at radius 3 is 2.09 bits per heavy atom. The minimum absolute atomic E-state index is 0.0508. The van der Waals surface area contributed by atoms with E-state index >= 15 is 0 Å². The van der Waals surface area contributed by atoms with Crippen LogP contribution in [0, 0.1) is 0 Å². The average Bonchev–Trinajstić information content (AvgIpc) is 3.03. The van der Waals surface area contributed by atoms with Gasteiger partial charge in [0, 0.05) is 0 Å². The second kappa shape index (κ2) is 14.5. The molecule has 126 valence electrons. The predicted octanol–water partition coefficient (Wildman–Crippen LogP) is 2.61. The van der Waals surface area contributed by atoms with Gasteiger partial charge in [-0.1, -0.05) is 38.1 Å². The molecule has 2 rings (SSSR count). The summed E-state index contributed by atoms with van der Waals surface area (Å²) >= 11 is 0. The molecule has 0 saturated carbocycles. The number of ether oxygens (including phenoxy) is 2. The monoisotopic (exact) mass is 311 g/mol. The summed E-state index contributed by atoms with van der Waals surface area (Å²) < 4.78 is 10.8. The van der Waals surface area contributed by atoms with E-state index in [2.05, 4.69) is 31.2 Å². The lowest BCUT2D eigenvalue weighted by Crippen LogP contribution is -2.07. The average molecular weight is 311 g/mol. The summed E-state index contributed by atoms with van der Waals surface area (Å²) in [6.07, 6.45) is 4.43. The van der Waals surface area contributed by atoms with Gasteiger partial charge in [-0.15, -0.1) is 0 Å². The van der Waals surface area contributed by atoms with Gasteiger partial charge in [-0.3, -0.25) is 4.79 Å². The SMILES string of the molecule is CCN.CCc1ccc(CCCC2OCCO2)cc1.O=CO. The van der Waals surface area contributed by atoms with Crippen LogP contribution in [-0.4, -0.2) is 37.6 Å². The Labute approximate surface area is 133 Å². The first-order chi connectivity index (χ1) is 10.7. The molecule has 0 radical (unpaired) electrons. The molecule has 5 nitrogen and oxygen atoms in total. The van der Waals surface area contributed by atoms with Crippen LogP contribution in [0.15, 0.2) is 24.3 Å². The first kappa shape index (κ1) is 20.6. The molecule has 0 aliphatic carbocycles. The number of nitrogens with two attached hydrogens (primary N) is 1. The molecule has 1 heterocycles. The van der Waals surface area contributed by atoms with E-state index in [0.717, 1.165) is 45.4 Å². The van der Waals surface area contributed by atoms with Crippen LogP contribution in [-0.2, 0) is 27.1 Å². The molecule has 3 N–H and O–H groups in total. The standard InChI is InChI=1S/C14H20O2.C2H7N.CH2O2/c1-2-12-6-8-13(9-7-12)4-3-5-14-15-10-11-16-14;1-2-3;2-1-3/h6-9,14H,2-5,10-11H2,1H3;2-3H2,1H3;1H,(H,2,3). The summed E-state index contributed by atoms with van der Waals surface area (Å²) in [6.45, 7) is 6.11. The first-order valence-electron chi connectivity index (χ1n) is 7.80. The van der Waals surface area contributed by atoms with Crippen molar-refractivity contribution >= 4 is 6.47 Å². The quantitative estimate of drug-likeness (QED) is 0.817. The van der Waals surface area contributed by atoms with Crippen molar-refractivity contribution in [2.45, 2.75) is 45.8 Å². The summed E-state index contributed by atoms with van der Waals surface area (Å²) in [5.41, 5.74) is 7.67. The molecule has 1 aromatic carbocycles. The Bertz CT molecular complexity index is 361. The third-order valence-electron chi connectivity index (χ3n) is 3.03. The maximum absolute atomic E-state index is 8.36. The molecule has 0 aromatic heterocycles. The summed E-state index contributed by atoms with van der Waals surface area (Å²) in [5.74, 6) is 0. The van der Waals surface area contributed by atoms with Crippen LogP contribution in [0.2, 0.25) is 0 Å². The molecule has 0 amide bonds. The fourth-order valence-corrected chi connectivity index (χ4v) is 1.99. The van der Waals surface area contributed by atoms with Crippen molar-refractivity contribution in [1.29, 1.82) is 0 Å².